The molecule has 0 saturated carbocycles. The summed E-state index contributed by atoms with van der Waals surface area (Å²) < 4.78 is 0. The number of carbonyl (C=O) groups is 1. The van der Waals surface area contributed by atoms with E-state index in [-0.39, 0.29) is 12.0 Å². The summed E-state index contributed by atoms with van der Waals surface area (Å²) in [6.45, 7) is 3.47. The lowest BCUT2D eigenvalue weighted by Crippen LogP contribution is -2.34. The van der Waals surface area contributed by atoms with Crippen molar-refractivity contribution in [2.45, 2.75) is 19.1 Å². The van der Waals surface area contributed by atoms with Crippen LogP contribution < -0.4 is 11.1 Å². The highest BCUT2D eigenvalue weighted by Crippen LogP contribution is 2.21. The number of benzene rings is 2. The summed E-state index contributed by atoms with van der Waals surface area (Å²) in [4.78, 5) is 14.4. The van der Waals surface area contributed by atoms with E-state index < -0.39 is 0 Å². The summed E-state index contributed by atoms with van der Waals surface area (Å²) in [7, 11) is 0. The lowest BCUT2D eigenvalue weighted by molar-refractivity contribution is 0.0949. The number of hydrogen-bond donors (Lipinski definition) is 3. The van der Waals surface area contributed by atoms with Crippen LogP contribution >= 0.6 is 0 Å². The molecule has 1 heterocycles. The second kappa shape index (κ2) is 8.25. The van der Waals surface area contributed by atoms with Crippen molar-refractivity contribution in [1.82, 2.24) is 10.2 Å². The maximum absolute atomic E-state index is 12.2. The zero-order valence-corrected chi connectivity index (χ0v) is 14.3. The molecule has 4 N–H and O–H groups in total. The van der Waals surface area contributed by atoms with Gasteiger partial charge in [0.15, 0.2) is 0 Å². The van der Waals surface area contributed by atoms with E-state index in [9.17, 15) is 9.90 Å². The highest BCUT2D eigenvalue weighted by atomic mass is 16.3. The van der Waals surface area contributed by atoms with Gasteiger partial charge in [-0.1, -0.05) is 30.3 Å². The largest absolute Gasteiger partial charge is 0.392 e. The second-order valence-corrected chi connectivity index (χ2v) is 6.48. The number of nitrogens with two attached hydrogens (primary N) is 1. The summed E-state index contributed by atoms with van der Waals surface area (Å²) in [5, 5.41) is 12.4. The normalized spacial score (nSPS) is 17.6. The molecule has 132 valence electrons. The van der Waals surface area contributed by atoms with Crippen molar-refractivity contribution in [2.75, 3.05) is 26.2 Å². The van der Waals surface area contributed by atoms with Gasteiger partial charge in [0.1, 0.15) is 0 Å². The van der Waals surface area contributed by atoms with Gasteiger partial charge >= 0.3 is 0 Å². The van der Waals surface area contributed by atoms with Crippen LogP contribution in [0.15, 0.2) is 48.5 Å². The Morgan fingerprint density at radius 2 is 2.00 bits per heavy atom. The smallest absolute Gasteiger partial charge is 0.251 e. The molecule has 0 spiro atoms. The molecule has 0 radical (unpaired) electrons. The Kier molecular flexibility index (Phi) is 5.81. The van der Waals surface area contributed by atoms with Crippen LogP contribution in [0.1, 0.15) is 22.3 Å². The maximum atomic E-state index is 12.2. The topological polar surface area (TPSA) is 78.6 Å². The lowest BCUT2D eigenvalue weighted by atomic mass is 10.0. The van der Waals surface area contributed by atoms with Gasteiger partial charge in [-0.25, -0.2) is 0 Å². The zero-order valence-electron chi connectivity index (χ0n) is 14.3. The zero-order chi connectivity index (χ0) is 17.6. The molecule has 2 aromatic rings. The van der Waals surface area contributed by atoms with Gasteiger partial charge in [-0.15, -0.1) is 0 Å². The molecule has 0 aliphatic carbocycles. The average molecular weight is 339 g/mol. The van der Waals surface area contributed by atoms with Gasteiger partial charge in [-0.3, -0.25) is 9.69 Å². The van der Waals surface area contributed by atoms with Crippen molar-refractivity contribution in [3.05, 3.63) is 59.7 Å². The minimum absolute atomic E-state index is 0.0676. The monoisotopic (exact) mass is 339 g/mol. The van der Waals surface area contributed by atoms with E-state index in [4.69, 9.17) is 5.73 Å². The fraction of sp³-hybridized carbons (Fsp3) is 0.350. The lowest BCUT2D eigenvalue weighted by Gasteiger charge is -2.15. The van der Waals surface area contributed by atoms with Gasteiger partial charge < -0.3 is 16.2 Å². The Morgan fingerprint density at radius 3 is 2.68 bits per heavy atom. The standard InChI is InChI=1S/C20H25N3O2/c21-13-15-2-1-3-18(12-15)16-4-6-17(7-5-16)20(25)22-9-11-23-10-8-19(24)14-23/h1-7,12,19,24H,8-11,13-14,21H2,(H,22,25)/t19-/m0/s1. The summed E-state index contributed by atoms with van der Waals surface area (Å²) >= 11 is 0. The molecule has 25 heavy (non-hydrogen) atoms. The van der Waals surface area contributed by atoms with E-state index >= 15 is 0 Å². The van der Waals surface area contributed by atoms with Crippen LogP contribution in [0.2, 0.25) is 0 Å². The molecule has 1 aliphatic rings. The minimum Gasteiger partial charge on any atom is -0.392 e. The first-order valence-corrected chi connectivity index (χ1v) is 8.74. The molecule has 1 amide bonds. The predicted molar refractivity (Wildman–Crippen MR) is 99.2 cm³/mol. The first-order chi connectivity index (χ1) is 12.2. The predicted octanol–water partition coefficient (Wildman–Crippen LogP) is 1.61. The van der Waals surface area contributed by atoms with Crippen LogP contribution in [0.5, 0.6) is 0 Å². The van der Waals surface area contributed by atoms with Crippen LogP contribution in [0.4, 0.5) is 0 Å². The van der Waals surface area contributed by atoms with Crippen LogP contribution in [0.3, 0.4) is 0 Å². The molecule has 0 aromatic heterocycles. The van der Waals surface area contributed by atoms with Crippen molar-refractivity contribution in [1.29, 1.82) is 0 Å². The average Bonchev–Trinajstić information content (AvgIpc) is 3.07. The first-order valence-electron chi connectivity index (χ1n) is 8.74. The van der Waals surface area contributed by atoms with Gasteiger partial charge in [-0.2, -0.15) is 0 Å². The van der Waals surface area contributed by atoms with Gasteiger partial charge in [0.25, 0.3) is 5.91 Å². The van der Waals surface area contributed by atoms with Gasteiger partial charge in [0.05, 0.1) is 6.10 Å². The van der Waals surface area contributed by atoms with Gasteiger partial charge in [0, 0.05) is 38.3 Å². The highest BCUT2D eigenvalue weighted by molar-refractivity contribution is 5.94. The number of nitrogens with one attached hydrogen (secondary N) is 1. The van der Waals surface area contributed by atoms with E-state index in [2.05, 4.69) is 16.3 Å². The molecule has 1 atom stereocenters. The van der Waals surface area contributed by atoms with Gasteiger partial charge in [0.2, 0.25) is 0 Å². The van der Waals surface area contributed by atoms with Crippen molar-refractivity contribution in [3.8, 4) is 11.1 Å². The number of nitrogens with zero attached hydrogens (tertiary/aromatic N) is 1. The second-order valence-electron chi connectivity index (χ2n) is 6.48. The van der Waals surface area contributed by atoms with Crippen molar-refractivity contribution in [3.63, 3.8) is 0 Å². The minimum atomic E-state index is -0.221. The Labute approximate surface area is 148 Å². The molecule has 0 bridgehead atoms. The molecule has 3 rings (SSSR count). The van der Waals surface area contributed by atoms with E-state index in [1.165, 1.54) is 0 Å². The summed E-state index contributed by atoms with van der Waals surface area (Å²) in [5.74, 6) is -0.0676. The Hall–Kier alpha value is -2.21. The molecule has 1 saturated heterocycles. The van der Waals surface area contributed by atoms with E-state index in [0.29, 0.717) is 25.2 Å². The van der Waals surface area contributed by atoms with E-state index in [0.717, 1.165) is 36.2 Å². The first kappa shape index (κ1) is 17.6. The molecule has 1 aliphatic heterocycles. The van der Waals surface area contributed by atoms with Crippen molar-refractivity contribution < 1.29 is 9.90 Å². The highest BCUT2D eigenvalue weighted by Gasteiger charge is 2.19. The number of aliphatic hydroxyl groups excluding tert-OH is 1. The molecular formula is C20H25N3O2. The Bertz CT molecular complexity index is 715. The fourth-order valence-electron chi connectivity index (χ4n) is 3.14. The fourth-order valence-corrected chi connectivity index (χ4v) is 3.14. The Balaban J connectivity index is 1.55. The van der Waals surface area contributed by atoms with E-state index in [1.807, 2.05) is 42.5 Å². The number of rotatable bonds is 6. The third kappa shape index (κ3) is 4.66. The van der Waals surface area contributed by atoms with E-state index in [1.54, 1.807) is 0 Å². The number of β-amino-alcohol motifs (C(OH)–C–C–N with tert-alkyl or cyclic N) is 1. The summed E-state index contributed by atoms with van der Waals surface area (Å²) in [6, 6.07) is 15.7. The number of carbonyl (C=O) groups excluding carboxylic acids is 1. The van der Waals surface area contributed by atoms with Crippen LogP contribution in [-0.4, -0.2) is 48.2 Å². The summed E-state index contributed by atoms with van der Waals surface area (Å²) in [5.41, 5.74) is 9.60. The summed E-state index contributed by atoms with van der Waals surface area (Å²) in [6.07, 6.45) is 0.599. The number of aliphatic hydroxyl groups is 1. The third-order valence-corrected chi connectivity index (χ3v) is 4.60. The Morgan fingerprint density at radius 1 is 1.20 bits per heavy atom. The number of likely N-dealkylation sites (tertiary alicyclic amines) is 1. The molecule has 0 unspecified atom stereocenters. The maximum Gasteiger partial charge on any atom is 0.251 e. The van der Waals surface area contributed by atoms with Crippen LogP contribution in [0, 0.1) is 0 Å². The number of amides is 1. The van der Waals surface area contributed by atoms with Crippen molar-refractivity contribution in [2.24, 2.45) is 5.73 Å². The molecule has 5 nitrogen and oxygen atoms in total. The molecule has 2 aromatic carbocycles. The third-order valence-electron chi connectivity index (χ3n) is 4.60. The van der Waals surface area contributed by atoms with Crippen LogP contribution in [0.25, 0.3) is 11.1 Å². The molecule has 1 fully saturated rings. The SMILES string of the molecule is NCc1cccc(-c2ccc(C(=O)NCCN3CC[C@H](O)C3)cc2)c1. The molecular weight excluding hydrogens is 314 g/mol. The quantitative estimate of drug-likeness (QED) is 0.747. The molecule has 5 heteroatoms. The van der Waals surface area contributed by atoms with Crippen molar-refractivity contribution >= 4 is 5.91 Å². The van der Waals surface area contributed by atoms with Crippen LogP contribution in [-0.2, 0) is 6.54 Å². The number of hydrogen-bond acceptors (Lipinski definition) is 4. The van der Waals surface area contributed by atoms with Gasteiger partial charge in [-0.05, 0) is 41.3 Å².